The van der Waals surface area contributed by atoms with Crippen LogP contribution in [0.3, 0.4) is 0 Å². The minimum Gasteiger partial charge on any atom is -0.346 e. The monoisotopic (exact) mass is 505 g/mol. The van der Waals surface area contributed by atoms with Gasteiger partial charge in [-0.2, -0.15) is 4.39 Å². The predicted molar refractivity (Wildman–Crippen MR) is 133 cm³/mol. The van der Waals surface area contributed by atoms with Gasteiger partial charge in [0.25, 0.3) is 11.5 Å². The quantitative estimate of drug-likeness (QED) is 0.334. The number of hydrogen-bond acceptors (Lipinski definition) is 5. The molecular formula is C25H17ClFN5O2S. The van der Waals surface area contributed by atoms with E-state index in [1.54, 1.807) is 53.6 Å². The Bertz CT molecular complexity index is 1580. The summed E-state index contributed by atoms with van der Waals surface area (Å²) >= 11 is 7.11. The molecule has 0 aliphatic carbocycles. The largest absolute Gasteiger partial charge is 0.346 e. The summed E-state index contributed by atoms with van der Waals surface area (Å²) in [5.74, 6) is -0.814. The molecule has 7 nitrogen and oxygen atoms in total. The maximum atomic E-state index is 13.5. The van der Waals surface area contributed by atoms with E-state index >= 15 is 0 Å². The summed E-state index contributed by atoms with van der Waals surface area (Å²) in [6, 6.07) is 16.7. The molecule has 0 spiro atoms. The Morgan fingerprint density at radius 3 is 2.71 bits per heavy atom. The van der Waals surface area contributed by atoms with Crippen LogP contribution in [0.1, 0.15) is 15.4 Å². The summed E-state index contributed by atoms with van der Waals surface area (Å²) < 4.78 is 17.4. The van der Waals surface area contributed by atoms with E-state index in [9.17, 15) is 14.0 Å². The van der Waals surface area contributed by atoms with Crippen LogP contribution in [0, 0.1) is 5.95 Å². The van der Waals surface area contributed by atoms with Gasteiger partial charge in [0, 0.05) is 41.5 Å². The van der Waals surface area contributed by atoms with Crippen molar-refractivity contribution < 1.29 is 9.18 Å². The van der Waals surface area contributed by atoms with Gasteiger partial charge in [-0.15, -0.1) is 11.3 Å². The van der Waals surface area contributed by atoms with Gasteiger partial charge in [0.15, 0.2) is 0 Å². The second-order valence-corrected chi connectivity index (χ2v) is 9.25. The number of carbonyl (C=O) groups excluding carboxylic acids is 1. The molecule has 1 aromatic carbocycles. The van der Waals surface area contributed by atoms with Crippen LogP contribution in [0.25, 0.3) is 22.5 Å². The first-order valence-electron chi connectivity index (χ1n) is 10.5. The molecule has 5 aromatic rings. The summed E-state index contributed by atoms with van der Waals surface area (Å²) in [7, 11) is 0. The molecular weight excluding hydrogens is 489 g/mol. The van der Waals surface area contributed by atoms with Gasteiger partial charge >= 0.3 is 0 Å². The first kappa shape index (κ1) is 22.7. The zero-order chi connectivity index (χ0) is 24.4. The lowest BCUT2D eigenvalue weighted by Crippen LogP contribution is -2.21. The van der Waals surface area contributed by atoms with E-state index < -0.39 is 5.95 Å². The fraction of sp³-hybridized carbons (Fsp3) is 0.0400. The van der Waals surface area contributed by atoms with Gasteiger partial charge in [0.2, 0.25) is 5.95 Å². The Hall–Kier alpha value is -4.08. The molecule has 1 N–H and O–H groups in total. The van der Waals surface area contributed by atoms with Gasteiger partial charge in [-0.05, 0) is 48.5 Å². The van der Waals surface area contributed by atoms with Crippen LogP contribution >= 0.6 is 22.9 Å². The summed E-state index contributed by atoms with van der Waals surface area (Å²) in [4.78, 5) is 33.4. The topological polar surface area (TPSA) is 81.8 Å². The Morgan fingerprint density at radius 1 is 1.09 bits per heavy atom. The molecule has 0 aliphatic rings. The fourth-order valence-electron chi connectivity index (χ4n) is 3.59. The van der Waals surface area contributed by atoms with Gasteiger partial charge < -0.3 is 9.88 Å². The highest BCUT2D eigenvalue weighted by atomic mass is 35.5. The summed E-state index contributed by atoms with van der Waals surface area (Å²) in [5, 5.41) is 2.83. The minimum absolute atomic E-state index is 0.170. The van der Waals surface area contributed by atoms with Gasteiger partial charge in [-0.1, -0.05) is 17.7 Å². The van der Waals surface area contributed by atoms with E-state index in [1.807, 2.05) is 18.2 Å². The van der Waals surface area contributed by atoms with Crippen LogP contribution in [-0.4, -0.2) is 25.0 Å². The molecule has 10 heteroatoms. The number of pyridine rings is 2. The Balaban J connectivity index is 1.48. The number of benzene rings is 1. The number of rotatable bonds is 6. The van der Waals surface area contributed by atoms with Crippen molar-refractivity contribution in [2.24, 2.45) is 0 Å². The molecule has 0 aliphatic heterocycles. The molecule has 0 saturated heterocycles. The third-order valence-corrected chi connectivity index (χ3v) is 6.49. The van der Waals surface area contributed by atoms with E-state index in [2.05, 4.69) is 15.3 Å². The average molecular weight is 506 g/mol. The lowest BCUT2D eigenvalue weighted by atomic mass is 10.0. The molecule has 5 rings (SSSR count). The first-order valence-corrected chi connectivity index (χ1v) is 11.7. The van der Waals surface area contributed by atoms with Crippen molar-refractivity contribution >= 4 is 28.8 Å². The molecule has 0 atom stereocenters. The number of amides is 1. The smallest absolute Gasteiger partial charge is 0.261 e. The maximum Gasteiger partial charge on any atom is 0.261 e. The Morgan fingerprint density at radius 2 is 1.97 bits per heavy atom. The van der Waals surface area contributed by atoms with Crippen LogP contribution in [-0.2, 0) is 6.54 Å². The second-order valence-electron chi connectivity index (χ2n) is 7.54. The lowest BCUT2D eigenvalue weighted by Gasteiger charge is -2.14. The molecule has 4 heterocycles. The van der Waals surface area contributed by atoms with E-state index in [4.69, 9.17) is 11.6 Å². The standard InChI is InChI=1S/C25H17ClFN5O2S/c26-22-8-7-21(35-22)25(34)29-13-17-14-31(15-30-17)20-6-5-18(32-10-2-1-3-24(32)33)11-19(20)16-4-9-23(27)28-12-16/h1-12,14-15H,13H2,(H,29,34). The van der Waals surface area contributed by atoms with Gasteiger partial charge in [-0.3, -0.25) is 14.2 Å². The van der Waals surface area contributed by atoms with Crippen molar-refractivity contribution in [3.05, 3.63) is 117 Å². The maximum absolute atomic E-state index is 13.5. The number of thiophene rings is 1. The highest BCUT2D eigenvalue weighted by Crippen LogP contribution is 2.29. The predicted octanol–water partition coefficient (Wildman–Crippen LogP) is 4.87. The van der Waals surface area contributed by atoms with Crippen molar-refractivity contribution in [2.75, 3.05) is 0 Å². The normalized spacial score (nSPS) is 10.9. The van der Waals surface area contributed by atoms with Crippen LogP contribution in [0.15, 0.2) is 90.4 Å². The molecule has 35 heavy (non-hydrogen) atoms. The molecule has 0 fully saturated rings. The number of halogens is 2. The van der Waals surface area contributed by atoms with E-state index in [0.717, 1.165) is 11.3 Å². The van der Waals surface area contributed by atoms with E-state index in [1.165, 1.54) is 34.2 Å². The fourth-order valence-corrected chi connectivity index (χ4v) is 4.55. The minimum atomic E-state index is -0.585. The zero-order valence-corrected chi connectivity index (χ0v) is 19.6. The molecule has 0 saturated carbocycles. The third-order valence-electron chi connectivity index (χ3n) is 5.26. The molecule has 0 unspecified atom stereocenters. The van der Waals surface area contributed by atoms with Crippen molar-refractivity contribution in [3.63, 3.8) is 0 Å². The van der Waals surface area contributed by atoms with Crippen LogP contribution < -0.4 is 10.9 Å². The van der Waals surface area contributed by atoms with Crippen molar-refractivity contribution in [1.82, 2.24) is 24.4 Å². The summed E-state index contributed by atoms with van der Waals surface area (Å²) in [6.07, 6.45) is 6.55. The molecule has 1 amide bonds. The van der Waals surface area contributed by atoms with Crippen LogP contribution in [0.2, 0.25) is 4.34 Å². The summed E-state index contributed by atoms with van der Waals surface area (Å²) in [5.41, 5.74) is 3.28. The molecule has 4 aromatic heterocycles. The van der Waals surface area contributed by atoms with E-state index in [0.29, 0.717) is 26.2 Å². The van der Waals surface area contributed by atoms with Crippen molar-refractivity contribution in [1.29, 1.82) is 0 Å². The number of carbonyl (C=O) groups is 1. The van der Waals surface area contributed by atoms with Gasteiger partial charge in [-0.25, -0.2) is 9.97 Å². The Labute approximate surface area is 208 Å². The second kappa shape index (κ2) is 9.65. The zero-order valence-electron chi connectivity index (χ0n) is 18.1. The molecule has 0 bridgehead atoms. The highest BCUT2D eigenvalue weighted by molar-refractivity contribution is 7.17. The number of hydrogen-bond donors (Lipinski definition) is 1. The van der Waals surface area contributed by atoms with Crippen LogP contribution in [0.5, 0.6) is 0 Å². The van der Waals surface area contributed by atoms with Gasteiger partial charge in [0.1, 0.15) is 0 Å². The number of aromatic nitrogens is 4. The first-order chi connectivity index (χ1) is 17.0. The van der Waals surface area contributed by atoms with Crippen molar-refractivity contribution in [3.8, 4) is 22.5 Å². The van der Waals surface area contributed by atoms with E-state index in [-0.39, 0.29) is 18.0 Å². The van der Waals surface area contributed by atoms with Crippen LogP contribution in [0.4, 0.5) is 4.39 Å². The Kier molecular flexibility index (Phi) is 6.26. The number of imidazole rings is 1. The van der Waals surface area contributed by atoms with Gasteiger partial charge in [0.05, 0.1) is 33.5 Å². The average Bonchev–Trinajstić information content (AvgIpc) is 3.52. The highest BCUT2D eigenvalue weighted by Gasteiger charge is 2.13. The SMILES string of the molecule is O=C(NCc1cn(-c2ccc(-n3ccccc3=O)cc2-c2ccc(F)nc2)cn1)c1ccc(Cl)s1. The number of nitrogens with one attached hydrogen (secondary N) is 1. The van der Waals surface area contributed by atoms with Crippen molar-refractivity contribution in [2.45, 2.75) is 6.54 Å². The molecule has 174 valence electrons. The summed E-state index contributed by atoms with van der Waals surface area (Å²) in [6.45, 7) is 0.228. The number of nitrogens with zero attached hydrogens (tertiary/aromatic N) is 4. The third kappa shape index (κ3) is 4.91. The lowest BCUT2D eigenvalue weighted by molar-refractivity contribution is 0.0954. The molecule has 0 radical (unpaired) electrons.